The molecule has 0 bridgehead atoms. The second kappa shape index (κ2) is 10.7. The molecule has 0 saturated heterocycles. The van der Waals surface area contributed by atoms with Crippen LogP contribution in [0.5, 0.6) is 11.5 Å². The van der Waals surface area contributed by atoms with Crippen LogP contribution in [0.15, 0.2) is 52.1 Å². The molecular weight excluding hydrogens is 502 g/mol. The monoisotopic (exact) mass is 533 g/mol. The predicted octanol–water partition coefficient (Wildman–Crippen LogP) is 6.87. The second-order valence-corrected chi connectivity index (χ2v) is 10.4. The lowest BCUT2D eigenvalue weighted by molar-refractivity contribution is 0.414. The topological polar surface area (TPSA) is 90.4 Å². The first-order chi connectivity index (χ1) is 18.3. The molecule has 0 amide bonds. The molecule has 198 valence electrons. The van der Waals surface area contributed by atoms with Gasteiger partial charge in [-0.3, -0.25) is 9.36 Å². The lowest BCUT2D eigenvalue weighted by Crippen LogP contribution is -2.27. The molecule has 2 heterocycles. The van der Waals surface area contributed by atoms with Gasteiger partial charge in [-0.05, 0) is 73.4 Å². The molecule has 38 heavy (non-hydrogen) atoms. The highest BCUT2D eigenvalue weighted by Crippen LogP contribution is 2.46. The van der Waals surface area contributed by atoms with E-state index in [0.29, 0.717) is 52.9 Å². The van der Waals surface area contributed by atoms with Crippen LogP contribution < -0.4 is 10.3 Å². The first-order valence-electron chi connectivity index (χ1n) is 13.0. The maximum absolute atomic E-state index is 14.4. The van der Waals surface area contributed by atoms with E-state index in [1.807, 2.05) is 39.0 Å². The van der Waals surface area contributed by atoms with Gasteiger partial charge in [-0.25, -0.2) is 9.97 Å². The van der Waals surface area contributed by atoms with Crippen LogP contribution in [0.4, 0.5) is 0 Å². The Morgan fingerprint density at radius 3 is 2.66 bits per heavy atom. The quantitative estimate of drug-likeness (QED) is 0.252. The molecule has 7 nitrogen and oxygen atoms in total. The van der Waals surface area contributed by atoms with Crippen LogP contribution in [-0.4, -0.2) is 26.8 Å². The first-order valence-corrected chi connectivity index (χ1v) is 13.4. The predicted molar refractivity (Wildman–Crippen MR) is 148 cm³/mol. The number of aryl methyl sites for hydroxylation is 2. The number of hydrogen-bond acceptors (Lipinski definition) is 6. The third-order valence-corrected chi connectivity index (χ3v) is 7.78. The maximum Gasteiger partial charge on any atom is 0.261 e. The third kappa shape index (κ3) is 4.83. The van der Waals surface area contributed by atoms with E-state index in [4.69, 9.17) is 25.7 Å². The fourth-order valence-corrected chi connectivity index (χ4v) is 5.24. The molecule has 2 aromatic heterocycles. The smallest absolute Gasteiger partial charge is 0.261 e. The Morgan fingerprint density at radius 1 is 1.24 bits per heavy atom. The Bertz CT molecular complexity index is 1520. The molecule has 1 unspecified atom stereocenters. The Hall–Kier alpha value is -3.58. The summed E-state index contributed by atoms with van der Waals surface area (Å²) in [4.78, 5) is 23.4. The van der Waals surface area contributed by atoms with Crippen molar-refractivity contribution in [1.29, 1.82) is 0 Å². The van der Waals surface area contributed by atoms with Crippen LogP contribution in [0.2, 0.25) is 5.02 Å². The van der Waals surface area contributed by atoms with Gasteiger partial charge in [-0.15, -0.1) is 0 Å². The Balaban J connectivity index is 1.75. The van der Waals surface area contributed by atoms with Gasteiger partial charge < -0.3 is 14.3 Å². The van der Waals surface area contributed by atoms with Crippen LogP contribution in [0.1, 0.15) is 67.5 Å². The summed E-state index contributed by atoms with van der Waals surface area (Å²) in [6, 6.07) is 9.42. The lowest BCUT2D eigenvalue weighted by Gasteiger charge is -2.21. The van der Waals surface area contributed by atoms with Gasteiger partial charge in [0.05, 0.1) is 29.6 Å². The third-order valence-electron chi connectivity index (χ3n) is 7.47. The van der Waals surface area contributed by atoms with Crippen LogP contribution in [0, 0.1) is 6.92 Å². The molecular formula is C30H32ClN3O4. The van der Waals surface area contributed by atoms with Crippen molar-refractivity contribution >= 4 is 11.6 Å². The molecule has 1 N–H and O–H groups in total. The minimum atomic E-state index is -0.171. The number of phenols is 1. The van der Waals surface area contributed by atoms with E-state index in [2.05, 4.69) is 11.1 Å². The van der Waals surface area contributed by atoms with Crippen molar-refractivity contribution in [2.75, 3.05) is 7.11 Å². The van der Waals surface area contributed by atoms with Crippen molar-refractivity contribution in [3.05, 3.63) is 80.9 Å². The summed E-state index contributed by atoms with van der Waals surface area (Å²) in [5.74, 6) is 2.52. The molecule has 5 rings (SSSR count). The number of phenolic OH excluding ortho intramolecular Hbond substituents is 1. The number of nitrogens with zero attached hydrogens (tertiary/aromatic N) is 3. The standard InChI is InChI=1S/C30H32ClN3O4/c1-5-17(2)26-23(10-11-25(31)28(26)35)27-18(3)33-29(34(30(27)36)13-12-21-15-32-16-38-21)22-9-8-20(37-4)14-24(22)19-6-7-19/h8-11,14-17,19,35H,5-7,12-13H2,1-4H3. The SMILES string of the molecule is CCC(C)c1c(-c2c(C)nc(-c3ccc(OC)cc3C3CC3)n(CCc3cnco3)c2=O)ccc(Cl)c1O. The zero-order chi connectivity index (χ0) is 27.0. The first kappa shape index (κ1) is 26.0. The Morgan fingerprint density at radius 2 is 2.00 bits per heavy atom. The van der Waals surface area contributed by atoms with Crippen molar-refractivity contribution in [2.24, 2.45) is 0 Å². The number of aromatic nitrogens is 3. The van der Waals surface area contributed by atoms with Gasteiger partial charge in [0.25, 0.3) is 5.56 Å². The van der Waals surface area contributed by atoms with Gasteiger partial charge in [-0.1, -0.05) is 31.5 Å². The minimum Gasteiger partial charge on any atom is -0.506 e. The van der Waals surface area contributed by atoms with E-state index >= 15 is 0 Å². The number of aromatic hydroxyl groups is 1. The molecule has 1 atom stereocenters. The van der Waals surface area contributed by atoms with Gasteiger partial charge in [0.15, 0.2) is 6.39 Å². The highest BCUT2D eigenvalue weighted by Gasteiger charge is 2.30. The van der Waals surface area contributed by atoms with E-state index in [1.165, 1.54) is 6.39 Å². The average molecular weight is 534 g/mol. The van der Waals surface area contributed by atoms with Gasteiger partial charge in [0.2, 0.25) is 0 Å². The molecule has 1 aliphatic rings. The number of oxazole rings is 1. The fourth-order valence-electron chi connectivity index (χ4n) is 5.08. The number of halogens is 1. The van der Waals surface area contributed by atoms with E-state index in [1.54, 1.807) is 23.9 Å². The number of rotatable bonds is 9. The molecule has 1 fully saturated rings. The van der Waals surface area contributed by atoms with Crippen molar-refractivity contribution in [3.63, 3.8) is 0 Å². The molecule has 2 aromatic carbocycles. The summed E-state index contributed by atoms with van der Waals surface area (Å²) >= 11 is 6.30. The number of ether oxygens (including phenoxy) is 1. The second-order valence-electron chi connectivity index (χ2n) is 9.96. The van der Waals surface area contributed by atoms with Gasteiger partial charge in [0, 0.05) is 24.1 Å². The van der Waals surface area contributed by atoms with Crippen molar-refractivity contribution in [1.82, 2.24) is 14.5 Å². The molecule has 0 spiro atoms. The van der Waals surface area contributed by atoms with E-state index in [0.717, 1.165) is 36.1 Å². The van der Waals surface area contributed by atoms with Crippen LogP contribution in [0.3, 0.4) is 0 Å². The molecule has 1 aliphatic carbocycles. The largest absolute Gasteiger partial charge is 0.506 e. The van der Waals surface area contributed by atoms with E-state index in [-0.39, 0.29) is 22.2 Å². The van der Waals surface area contributed by atoms with Crippen molar-refractivity contribution in [2.45, 2.75) is 64.8 Å². The zero-order valence-corrected chi connectivity index (χ0v) is 22.9. The summed E-state index contributed by atoms with van der Waals surface area (Å²) in [6.07, 6.45) is 6.51. The van der Waals surface area contributed by atoms with Crippen LogP contribution in [0.25, 0.3) is 22.5 Å². The molecule has 0 aliphatic heterocycles. The van der Waals surface area contributed by atoms with Gasteiger partial charge in [-0.2, -0.15) is 0 Å². The van der Waals surface area contributed by atoms with E-state index < -0.39 is 0 Å². The zero-order valence-electron chi connectivity index (χ0n) is 22.1. The highest BCUT2D eigenvalue weighted by atomic mass is 35.5. The Labute approximate surface area is 227 Å². The normalized spacial score (nSPS) is 14.0. The van der Waals surface area contributed by atoms with Gasteiger partial charge >= 0.3 is 0 Å². The summed E-state index contributed by atoms with van der Waals surface area (Å²) in [5.41, 5.74) is 4.30. The van der Waals surface area contributed by atoms with Crippen molar-refractivity contribution in [3.8, 4) is 34.0 Å². The minimum absolute atomic E-state index is 0.00660. The Kier molecular flexibility index (Phi) is 7.30. The van der Waals surface area contributed by atoms with Crippen molar-refractivity contribution < 1.29 is 14.3 Å². The average Bonchev–Trinajstić information content (AvgIpc) is 3.64. The number of benzene rings is 2. The number of hydrogen-bond donors (Lipinski definition) is 1. The van der Waals surface area contributed by atoms with Crippen LogP contribution >= 0.6 is 11.6 Å². The summed E-state index contributed by atoms with van der Waals surface area (Å²) < 4.78 is 12.7. The maximum atomic E-state index is 14.4. The summed E-state index contributed by atoms with van der Waals surface area (Å²) in [5, 5.41) is 11.2. The lowest BCUT2D eigenvalue weighted by atomic mass is 9.89. The summed E-state index contributed by atoms with van der Waals surface area (Å²) in [7, 11) is 1.66. The van der Waals surface area contributed by atoms with Crippen LogP contribution in [-0.2, 0) is 13.0 Å². The molecule has 1 saturated carbocycles. The highest BCUT2D eigenvalue weighted by molar-refractivity contribution is 6.32. The molecule has 4 aromatic rings. The van der Waals surface area contributed by atoms with Gasteiger partial charge in [0.1, 0.15) is 23.1 Å². The fraction of sp³-hybridized carbons (Fsp3) is 0.367. The summed E-state index contributed by atoms with van der Waals surface area (Å²) in [6.45, 7) is 6.28. The number of methoxy groups -OCH3 is 1. The molecule has 8 heteroatoms. The molecule has 0 radical (unpaired) electrons. The van der Waals surface area contributed by atoms with E-state index in [9.17, 15) is 9.90 Å².